The molecule has 0 saturated carbocycles. The highest BCUT2D eigenvalue weighted by molar-refractivity contribution is 6.39. The number of halogens is 1. The smallest absolute Gasteiger partial charge is 0.329 e. The van der Waals surface area contributed by atoms with Crippen LogP contribution in [-0.4, -0.2) is 37.7 Å². The molecule has 0 fully saturated rings. The molecule has 0 aliphatic carbocycles. The Kier molecular flexibility index (Phi) is 7.03. The van der Waals surface area contributed by atoms with Gasteiger partial charge in [0.2, 0.25) is 0 Å². The average Bonchev–Trinajstić information content (AvgIpc) is 2.68. The lowest BCUT2D eigenvalue weighted by molar-refractivity contribution is -0.136. The van der Waals surface area contributed by atoms with Gasteiger partial charge >= 0.3 is 11.8 Å². The summed E-state index contributed by atoms with van der Waals surface area (Å²) in [5.74, 6) is -2.43. The molecule has 4 N–H and O–H groups in total. The predicted octanol–water partition coefficient (Wildman–Crippen LogP) is 0.787. The van der Waals surface area contributed by atoms with Crippen LogP contribution in [-0.2, 0) is 14.4 Å². The number of hydrogen-bond acceptors (Lipinski definition) is 6. The molecule has 0 saturated heterocycles. The molecule has 2 rings (SSSR count). The lowest BCUT2D eigenvalue weighted by Gasteiger charge is -2.09. The fraction of sp³-hybridized carbons (Fsp3) is 0.111. The van der Waals surface area contributed by atoms with E-state index in [0.717, 1.165) is 12.1 Å². The molecule has 0 atom stereocenters. The van der Waals surface area contributed by atoms with E-state index in [1.165, 1.54) is 31.5 Å². The summed E-state index contributed by atoms with van der Waals surface area (Å²) in [5, 5.41) is 5.98. The second kappa shape index (κ2) is 9.67. The van der Waals surface area contributed by atoms with Gasteiger partial charge < -0.3 is 20.5 Å². The number of primary amides is 1. The van der Waals surface area contributed by atoms with Crippen LogP contribution < -0.4 is 25.9 Å². The SMILES string of the molecule is COc1cc(/C=N/NC(=O)C(=O)Nc2ccc(F)cc2)ccc1OCC(N)=O. The predicted molar refractivity (Wildman–Crippen MR) is 98.4 cm³/mol. The molecule has 0 bridgehead atoms. The van der Waals surface area contributed by atoms with Crippen LogP contribution in [0.2, 0.25) is 0 Å². The highest BCUT2D eigenvalue weighted by atomic mass is 19.1. The quantitative estimate of drug-likeness (QED) is 0.366. The van der Waals surface area contributed by atoms with Crippen LogP contribution in [0.15, 0.2) is 47.6 Å². The Labute approximate surface area is 159 Å². The minimum absolute atomic E-state index is 0.266. The van der Waals surface area contributed by atoms with Crippen molar-refractivity contribution >= 4 is 29.6 Å². The van der Waals surface area contributed by atoms with Gasteiger partial charge in [-0.3, -0.25) is 14.4 Å². The van der Waals surface area contributed by atoms with E-state index in [-0.39, 0.29) is 12.3 Å². The normalized spacial score (nSPS) is 10.4. The van der Waals surface area contributed by atoms with Crippen molar-refractivity contribution in [1.29, 1.82) is 0 Å². The summed E-state index contributed by atoms with van der Waals surface area (Å²) in [4.78, 5) is 34.3. The maximum atomic E-state index is 12.8. The third-order valence-electron chi connectivity index (χ3n) is 3.25. The first-order valence-corrected chi connectivity index (χ1v) is 7.88. The summed E-state index contributed by atoms with van der Waals surface area (Å²) in [5.41, 5.74) is 7.88. The molecule has 0 aliphatic heterocycles. The summed E-state index contributed by atoms with van der Waals surface area (Å²) in [6, 6.07) is 9.60. The van der Waals surface area contributed by atoms with E-state index in [1.54, 1.807) is 12.1 Å². The van der Waals surface area contributed by atoms with Crippen molar-refractivity contribution in [2.75, 3.05) is 19.0 Å². The van der Waals surface area contributed by atoms with Gasteiger partial charge in [-0.25, -0.2) is 9.82 Å². The number of amides is 3. The van der Waals surface area contributed by atoms with Crippen LogP contribution in [0.1, 0.15) is 5.56 Å². The van der Waals surface area contributed by atoms with Gasteiger partial charge in [-0.2, -0.15) is 5.10 Å². The Bertz CT molecular complexity index is 899. The molecule has 28 heavy (non-hydrogen) atoms. The molecule has 9 nitrogen and oxygen atoms in total. The van der Waals surface area contributed by atoms with Gasteiger partial charge in [-0.1, -0.05) is 0 Å². The van der Waals surface area contributed by atoms with E-state index in [2.05, 4.69) is 15.8 Å². The highest BCUT2D eigenvalue weighted by Crippen LogP contribution is 2.27. The fourth-order valence-electron chi connectivity index (χ4n) is 1.97. The number of anilines is 1. The van der Waals surface area contributed by atoms with Crippen LogP contribution in [0.25, 0.3) is 0 Å². The van der Waals surface area contributed by atoms with E-state index >= 15 is 0 Å². The maximum Gasteiger partial charge on any atom is 0.329 e. The molecule has 146 valence electrons. The van der Waals surface area contributed by atoms with Gasteiger partial charge in [0, 0.05) is 5.69 Å². The first-order valence-electron chi connectivity index (χ1n) is 7.88. The third-order valence-corrected chi connectivity index (χ3v) is 3.25. The van der Waals surface area contributed by atoms with Crippen LogP contribution in [0.5, 0.6) is 11.5 Å². The summed E-state index contributed by atoms with van der Waals surface area (Å²) in [7, 11) is 1.41. The van der Waals surface area contributed by atoms with E-state index in [4.69, 9.17) is 15.2 Å². The standard InChI is InChI=1S/C18H17FN4O5/c1-27-15-8-11(2-7-14(15)28-10-16(20)24)9-21-23-18(26)17(25)22-13-5-3-12(19)4-6-13/h2-9H,10H2,1H3,(H2,20,24)(H,22,25)(H,23,26)/b21-9+. The summed E-state index contributed by atoms with van der Waals surface area (Å²) < 4.78 is 23.2. The third kappa shape index (κ3) is 6.09. The number of hydrazone groups is 1. The second-order valence-electron chi connectivity index (χ2n) is 5.33. The topological polar surface area (TPSA) is 132 Å². The Balaban J connectivity index is 1.93. The van der Waals surface area contributed by atoms with E-state index in [0.29, 0.717) is 17.1 Å². The summed E-state index contributed by atoms with van der Waals surface area (Å²) in [6.07, 6.45) is 1.28. The van der Waals surface area contributed by atoms with Gasteiger partial charge in [0.15, 0.2) is 18.1 Å². The Morgan fingerprint density at radius 2 is 1.82 bits per heavy atom. The molecule has 2 aromatic carbocycles. The zero-order valence-electron chi connectivity index (χ0n) is 14.8. The van der Waals surface area contributed by atoms with Gasteiger partial charge in [0.1, 0.15) is 5.82 Å². The van der Waals surface area contributed by atoms with Crippen molar-refractivity contribution in [3.8, 4) is 11.5 Å². The monoisotopic (exact) mass is 388 g/mol. The first-order chi connectivity index (χ1) is 13.4. The zero-order valence-corrected chi connectivity index (χ0v) is 14.8. The second-order valence-corrected chi connectivity index (χ2v) is 5.33. The Morgan fingerprint density at radius 1 is 1.11 bits per heavy atom. The molecule has 0 spiro atoms. The number of carbonyl (C=O) groups excluding carboxylic acids is 3. The van der Waals surface area contributed by atoms with Crippen molar-refractivity contribution in [3.05, 3.63) is 53.8 Å². The molecule has 0 heterocycles. The van der Waals surface area contributed by atoms with Gasteiger partial charge in [0.05, 0.1) is 13.3 Å². The van der Waals surface area contributed by atoms with Crippen molar-refractivity contribution in [1.82, 2.24) is 5.43 Å². The fourth-order valence-corrected chi connectivity index (χ4v) is 1.97. The highest BCUT2D eigenvalue weighted by Gasteiger charge is 2.13. The Hall–Kier alpha value is -3.95. The van der Waals surface area contributed by atoms with Crippen molar-refractivity contribution in [2.45, 2.75) is 0 Å². The molecular weight excluding hydrogens is 371 g/mol. The number of carbonyl (C=O) groups is 3. The molecular formula is C18H17FN4O5. The van der Waals surface area contributed by atoms with Crippen LogP contribution in [0.4, 0.5) is 10.1 Å². The first kappa shape index (κ1) is 20.4. The zero-order chi connectivity index (χ0) is 20.5. The number of ether oxygens (including phenoxy) is 2. The van der Waals surface area contributed by atoms with E-state index in [9.17, 15) is 18.8 Å². The van der Waals surface area contributed by atoms with Crippen LogP contribution in [0, 0.1) is 5.82 Å². The van der Waals surface area contributed by atoms with E-state index in [1.807, 2.05) is 0 Å². The van der Waals surface area contributed by atoms with Crippen molar-refractivity contribution in [3.63, 3.8) is 0 Å². The van der Waals surface area contributed by atoms with Gasteiger partial charge in [0.25, 0.3) is 5.91 Å². The molecule has 2 aromatic rings. The largest absolute Gasteiger partial charge is 0.493 e. The summed E-state index contributed by atoms with van der Waals surface area (Å²) in [6.45, 7) is -0.303. The Morgan fingerprint density at radius 3 is 2.46 bits per heavy atom. The number of nitrogens with one attached hydrogen (secondary N) is 2. The molecule has 0 aromatic heterocycles. The van der Waals surface area contributed by atoms with Crippen molar-refractivity contribution < 1.29 is 28.2 Å². The number of nitrogens with two attached hydrogens (primary N) is 1. The molecule has 3 amide bonds. The molecule has 0 radical (unpaired) electrons. The minimum atomic E-state index is -1.01. The molecule has 0 unspecified atom stereocenters. The number of benzene rings is 2. The van der Waals surface area contributed by atoms with E-state index < -0.39 is 23.5 Å². The van der Waals surface area contributed by atoms with Crippen molar-refractivity contribution in [2.24, 2.45) is 10.8 Å². The van der Waals surface area contributed by atoms with Crippen LogP contribution >= 0.6 is 0 Å². The maximum absolute atomic E-state index is 12.8. The lowest BCUT2D eigenvalue weighted by Crippen LogP contribution is -2.32. The van der Waals surface area contributed by atoms with Gasteiger partial charge in [-0.15, -0.1) is 0 Å². The lowest BCUT2D eigenvalue weighted by atomic mass is 10.2. The van der Waals surface area contributed by atoms with Crippen LogP contribution in [0.3, 0.4) is 0 Å². The van der Waals surface area contributed by atoms with Gasteiger partial charge in [-0.05, 0) is 48.0 Å². The molecule has 10 heteroatoms. The number of nitrogens with zero attached hydrogens (tertiary/aromatic N) is 1. The minimum Gasteiger partial charge on any atom is -0.493 e. The number of hydrogen-bond donors (Lipinski definition) is 3. The summed E-state index contributed by atoms with van der Waals surface area (Å²) >= 11 is 0. The number of methoxy groups -OCH3 is 1. The number of rotatable bonds is 7. The molecule has 0 aliphatic rings. The average molecular weight is 388 g/mol.